The number of ketones is 1. The summed E-state index contributed by atoms with van der Waals surface area (Å²) >= 11 is 0. The predicted octanol–water partition coefficient (Wildman–Crippen LogP) is 4.30. The molecule has 8 nitrogen and oxygen atoms in total. The van der Waals surface area contributed by atoms with Crippen LogP contribution in [-0.4, -0.2) is 62.8 Å². The van der Waals surface area contributed by atoms with Crippen LogP contribution >= 0.6 is 0 Å². The zero-order valence-electron chi connectivity index (χ0n) is 21.6. The molecular formula is C28H36N6O2. The number of rotatable bonds is 7. The number of likely N-dealkylation sites (N-methyl/N-ethyl adjacent to an activating group) is 1. The second-order valence-electron chi connectivity index (χ2n) is 10.1. The van der Waals surface area contributed by atoms with E-state index in [4.69, 9.17) is 0 Å². The highest BCUT2D eigenvalue weighted by molar-refractivity contribution is 6.00. The van der Waals surface area contributed by atoms with Crippen molar-refractivity contribution in [2.45, 2.75) is 59.0 Å². The van der Waals surface area contributed by atoms with E-state index in [0.29, 0.717) is 17.2 Å². The van der Waals surface area contributed by atoms with Crippen LogP contribution in [0.5, 0.6) is 0 Å². The smallest absolute Gasteiger partial charge is 0.262 e. The van der Waals surface area contributed by atoms with Crippen LogP contribution in [0.4, 0.5) is 11.6 Å². The van der Waals surface area contributed by atoms with Crippen LogP contribution in [0.1, 0.15) is 67.1 Å². The fraction of sp³-hybridized carbons (Fsp3) is 0.500. The summed E-state index contributed by atoms with van der Waals surface area (Å²) in [7, 11) is 0. The molecule has 1 saturated carbocycles. The predicted molar refractivity (Wildman–Crippen MR) is 143 cm³/mol. The van der Waals surface area contributed by atoms with Crippen LogP contribution in [0.15, 0.2) is 35.4 Å². The maximum absolute atomic E-state index is 13.4. The van der Waals surface area contributed by atoms with Crippen molar-refractivity contribution in [3.05, 3.63) is 57.6 Å². The van der Waals surface area contributed by atoms with Crippen molar-refractivity contribution in [3.8, 4) is 0 Å². The van der Waals surface area contributed by atoms with E-state index >= 15 is 0 Å². The Hall–Kier alpha value is -3.10. The van der Waals surface area contributed by atoms with Gasteiger partial charge in [0.25, 0.3) is 5.56 Å². The molecule has 0 spiro atoms. The van der Waals surface area contributed by atoms with Crippen LogP contribution in [0.3, 0.4) is 0 Å². The number of aryl methyl sites for hydroxylation is 1. The fourth-order valence-corrected chi connectivity index (χ4v) is 5.71. The van der Waals surface area contributed by atoms with Crippen LogP contribution in [0.25, 0.3) is 10.9 Å². The Balaban J connectivity index is 1.39. The highest BCUT2D eigenvalue weighted by Gasteiger charge is 2.25. The van der Waals surface area contributed by atoms with E-state index in [0.717, 1.165) is 75.9 Å². The third kappa shape index (κ3) is 4.92. The van der Waals surface area contributed by atoms with Crippen molar-refractivity contribution in [2.24, 2.45) is 0 Å². The maximum atomic E-state index is 13.4. The number of anilines is 2. The van der Waals surface area contributed by atoms with Crippen molar-refractivity contribution < 1.29 is 4.79 Å². The Morgan fingerprint density at radius 1 is 1.03 bits per heavy atom. The van der Waals surface area contributed by atoms with E-state index in [-0.39, 0.29) is 22.9 Å². The Morgan fingerprint density at radius 2 is 1.72 bits per heavy atom. The average molecular weight is 489 g/mol. The number of pyridine rings is 3. The summed E-state index contributed by atoms with van der Waals surface area (Å²) in [6.07, 6.45) is 7.81. The molecule has 0 radical (unpaired) electrons. The molecule has 2 aliphatic rings. The number of fused-ring (bicyclic) bond motifs is 1. The summed E-state index contributed by atoms with van der Waals surface area (Å²) in [6, 6.07) is 6.14. The lowest BCUT2D eigenvalue weighted by molar-refractivity contribution is 0.101. The van der Waals surface area contributed by atoms with Crippen LogP contribution in [0, 0.1) is 6.92 Å². The summed E-state index contributed by atoms with van der Waals surface area (Å²) < 4.78 is 1.84. The zero-order chi connectivity index (χ0) is 25.2. The van der Waals surface area contributed by atoms with Crippen LogP contribution in [0.2, 0.25) is 0 Å². The molecule has 0 unspecified atom stereocenters. The molecule has 190 valence electrons. The van der Waals surface area contributed by atoms with Gasteiger partial charge in [-0.15, -0.1) is 0 Å². The van der Waals surface area contributed by atoms with E-state index in [1.54, 1.807) is 6.20 Å². The minimum atomic E-state index is -0.190. The Bertz CT molecular complexity index is 1300. The first kappa shape index (κ1) is 24.6. The van der Waals surface area contributed by atoms with E-state index in [2.05, 4.69) is 38.1 Å². The number of nitrogens with one attached hydrogen (secondary N) is 1. The number of hydrogen-bond donors (Lipinski definition) is 1. The van der Waals surface area contributed by atoms with Crippen molar-refractivity contribution in [1.82, 2.24) is 24.3 Å². The second kappa shape index (κ2) is 10.5. The van der Waals surface area contributed by atoms with E-state index in [9.17, 15) is 9.59 Å². The van der Waals surface area contributed by atoms with Gasteiger partial charge >= 0.3 is 0 Å². The lowest BCUT2D eigenvalue weighted by Crippen LogP contribution is -2.45. The van der Waals surface area contributed by atoms with Gasteiger partial charge in [0.1, 0.15) is 11.6 Å². The highest BCUT2D eigenvalue weighted by Crippen LogP contribution is 2.33. The van der Waals surface area contributed by atoms with E-state index in [1.807, 2.05) is 29.8 Å². The molecule has 0 bridgehead atoms. The normalized spacial score (nSPS) is 17.6. The number of piperazine rings is 1. The van der Waals surface area contributed by atoms with Crippen molar-refractivity contribution in [1.29, 1.82) is 0 Å². The number of aromatic nitrogens is 3. The maximum Gasteiger partial charge on any atom is 0.262 e. The highest BCUT2D eigenvalue weighted by atomic mass is 16.1. The summed E-state index contributed by atoms with van der Waals surface area (Å²) in [5.41, 5.74) is 2.83. The van der Waals surface area contributed by atoms with Gasteiger partial charge in [-0.3, -0.25) is 14.5 Å². The Morgan fingerprint density at radius 3 is 2.36 bits per heavy atom. The monoisotopic (exact) mass is 488 g/mol. The zero-order valence-corrected chi connectivity index (χ0v) is 21.6. The second-order valence-corrected chi connectivity index (χ2v) is 10.1. The van der Waals surface area contributed by atoms with Gasteiger partial charge in [-0.25, -0.2) is 9.97 Å². The van der Waals surface area contributed by atoms with Crippen molar-refractivity contribution in [2.75, 3.05) is 38.0 Å². The molecule has 2 fully saturated rings. The molecule has 0 amide bonds. The third-order valence-electron chi connectivity index (χ3n) is 7.79. The summed E-state index contributed by atoms with van der Waals surface area (Å²) in [6.45, 7) is 12.0. The Labute approximate surface area is 212 Å². The first-order chi connectivity index (χ1) is 17.4. The summed E-state index contributed by atoms with van der Waals surface area (Å²) in [4.78, 5) is 39.9. The molecule has 36 heavy (non-hydrogen) atoms. The minimum absolute atomic E-state index is 0.116. The molecule has 0 aromatic carbocycles. The third-order valence-corrected chi connectivity index (χ3v) is 7.79. The van der Waals surface area contributed by atoms with Crippen LogP contribution < -0.4 is 10.9 Å². The molecule has 5 rings (SSSR count). The van der Waals surface area contributed by atoms with Gasteiger partial charge in [0, 0.05) is 62.6 Å². The summed E-state index contributed by atoms with van der Waals surface area (Å²) in [5, 5.41) is 4.16. The first-order valence-electron chi connectivity index (χ1n) is 13.2. The largest absolute Gasteiger partial charge is 0.325 e. The molecule has 3 aromatic rings. The molecule has 1 aliphatic carbocycles. The standard InChI is InChI=1S/C28H36N6O2/c1-4-32-11-13-33(14-12-32)18-21-9-10-25(29-16-21)31-26-15-24-23(17-30-26)19(2)27(20(3)35)28(36)34(24)22-7-5-6-8-22/h9-10,15-17,22H,4-8,11-14,18H2,1-3H3,(H,29,30,31). The van der Waals surface area contributed by atoms with Crippen molar-refractivity contribution in [3.63, 3.8) is 0 Å². The molecule has 4 heterocycles. The molecule has 8 heteroatoms. The minimum Gasteiger partial charge on any atom is -0.325 e. The van der Waals surface area contributed by atoms with E-state index < -0.39 is 0 Å². The van der Waals surface area contributed by atoms with Crippen molar-refractivity contribution >= 4 is 28.3 Å². The van der Waals surface area contributed by atoms with Gasteiger partial charge in [0.15, 0.2) is 5.78 Å². The number of hydrogen-bond acceptors (Lipinski definition) is 7. The molecule has 1 N–H and O–H groups in total. The van der Waals surface area contributed by atoms with Gasteiger partial charge < -0.3 is 14.8 Å². The van der Waals surface area contributed by atoms with E-state index in [1.165, 1.54) is 12.5 Å². The topological polar surface area (TPSA) is 83.4 Å². The van der Waals surface area contributed by atoms with Gasteiger partial charge in [-0.2, -0.15) is 0 Å². The summed E-state index contributed by atoms with van der Waals surface area (Å²) in [5.74, 6) is 1.16. The molecule has 1 aliphatic heterocycles. The molecular weight excluding hydrogens is 452 g/mol. The quantitative estimate of drug-likeness (QED) is 0.497. The molecule has 0 atom stereocenters. The lowest BCUT2D eigenvalue weighted by atomic mass is 10.0. The first-order valence-corrected chi connectivity index (χ1v) is 13.2. The molecule has 3 aromatic heterocycles. The average Bonchev–Trinajstić information content (AvgIpc) is 3.40. The molecule has 1 saturated heterocycles. The van der Waals surface area contributed by atoms with Crippen LogP contribution in [-0.2, 0) is 6.54 Å². The SMILES string of the molecule is CCN1CCN(Cc2ccc(Nc3cc4c(cn3)c(C)c(C(C)=O)c(=O)n4C3CCCC3)nc2)CC1. The lowest BCUT2D eigenvalue weighted by Gasteiger charge is -2.33. The number of Topliss-reactive ketones (excluding diaryl/α,β-unsaturated/α-hetero) is 1. The number of nitrogens with zero attached hydrogens (tertiary/aromatic N) is 5. The van der Waals surface area contributed by atoms with Gasteiger partial charge in [0.2, 0.25) is 0 Å². The van der Waals surface area contributed by atoms with Gasteiger partial charge in [-0.1, -0.05) is 25.8 Å². The van der Waals surface area contributed by atoms with Gasteiger partial charge in [0.05, 0.1) is 11.1 Å². The Kier molecular flexibility index (Phi) is 7.16. The number of carbonyl (C=O) groups is 1. The van der Waals surface area contributed by atoms with Gasteiger partial charge in [-0.05, 0) is 50.4 Å². The number of carbonyl (C=O) groups excluding carboxylic acids is 1. The fourth-order valence-electron chi connectivity index (χ4n) is 5.71.